The Hall–Kier alpha value is -2.96. The fraction of sp³-hybridized carbons (Fsp3) is 0.333. The summed E-state index contributed by atoms with van der Waals surface area (Å²) < 4.78 is 0. The molecule has 3 rings (SSSR count). The smallest absolute Gasteiger partial charge is 0.269 e. The number of hydrogen-bond acceptors (Lipinski definition) is 5. The summed E-state index contributed by atoms with van der Waals surface area (Å²) in [6.45, 7) is 4.62. The van der Waals surface area contributed by atoms with Crippen LogP contribution in [0.4, 0.5) is 11.5 Å². The van der Waals surface area contributed by atoms with Gasteiger partial charge < -0.3 is 9.80 Å². The Labute approximate surface area is 146 Å². The van der Waals surface area contributed by atoms with Crippen molar-refractivity contribution in [1.29, 1.82) is 0 Å². The first-order valence-corrected chi connectivity index (χ1v) is 8.25. The molecule has 0 bridgehead atoms. The summed E-state index contributed by atoms with van der Waals surface area (Å²) in [7, 11) is 0. The molecule has 25 heavy (non-hydrogen) atoms. The Morgan fingerprint density at radius 3 is 2.36 bits per heavy atom. The van der Waals surface area contributed by atoms with E-state index in [0.717, 1.165) is 24.5 Å². The molecular formula is C18H20N4O3. The van der Waals surface area contributed by atoms with E-state index in [4.69, 9.17) is 0 Å². The highest BCUT2D eigenvalue weighted by molar-refractivity contribution is 5.83. The summed E-state index contributed by atoms with van der Waals surface area (Å²) in [5, 5.41) is 10.7. The molecule has 1 atom stereocenters. The molecule has 2 aromatic rings. The minimum atomic E-state index is -0.437. The van der Waals surface area contributed by atoms with Gasteiger partial charge >= 0.3 is 0 Å². The molecular weight excluding hydrogens is 320 g/mol. The number of rotatable bonds is 4. The first kappa shape index (κ1) is 16.9. The van der Waals surface area contributed by atoms with E-state index in [1.165, 1.54) is 12.1 Å². The summed E-state index contributed by atoms with van der Waals surface area (Å²) >= 11 is 0. The highest BCUT2D eigenvalue weighted by atomic mass is 16.6. The van der Waals surface area contributed by atoms with Crippen molar-refractivity contribution in [2.24, 2.45) is 0 Å². The maximum atomic E-state index is 12.7. The number of anilines is 1. The van der Waals surface area contributed by atoms with Crippen LogP contribution in [0.2, 0.25) is 0 Å². The molecule has 0 radical (unpaired) electrons. The molecule has 1 fully saturated rings. The molecule has 0 saturated carbocycles. The van der Waals surface area contributed by atoms with Gasteiger partial charge in [0.2, 0.25) is 5.91 Å². The number of benzene rings is 1. The van der Waals surface area contributed by atoms with Crippen LogP contribution in [0.15, 0.2) is 48.7 Å². The number of carbonyl (C=O) groups is 1. The van der Waals surface area contributed by atoms with Gasteiger partial charge in [0.05, 0.1) is 10.8 Å². The number of hydrogen-bond donors (Lipinski definition) is 0. The lowest BCUT2D eigenvalue weighted by atomic mass is 9.99. The van der Waals surface area contributed by atoms with Crippen LogP contribution in [0, 0.1) is 10.1 Å². The maximum absolute atomic E-state index is 12.7. The average Bonchev–Trinajstić information content (AvgIpc) is 2.67. The lowest BCUT2D eigenvalue weighted by molar-refractivity contribution is -0.384. The van der Waals surface area contributed by atoms with Crippen molar-refractivity contribution in [3.63, 3.8) is 0 Å². The van der Waals surface area contributed by atoms with Crippen molar-refractivity contribution in [2.75, 3.05) is 31.1 Å². The second kappa shape index (κ2) is 7.29. The SMILES string of the molecule is CC(C(=O)N1CCN(c2ccccn2)CC1)c1ccc([N+](=O)[O-])cc1. The van der Waals surface area contributed by atoms with Crippen LogP contribution in [-0.4, -0.2) is 46.9 Å². The normalized spacial score (nSPS) is 15.7. The zero-order chi connectivity index (χ0) is 17.8. The van der Waals surface area contributed by atoms with Crippen LogP contribution in [0.1, 0.15) is 18.4 Å². The molecule has 7 nitrogen and oxygen atoms in total. The number of amides is 1. The monoisotopic (exact) mass is 340 g/mol. The van der Waals surface area contributed by atoms with Crippen LogP contribution in [0.25, 0.3) is 0 Å². The predicted molar refractivity (Wildman–Crippen MR) is 94.5 cm³/mol. The second-order valence-electron chi connectivity index (χ2n) is 6.07. The van der Waals surface area contributed by atoms with E-state index in [0.29, 0.717) is 13.1 Å². The van der Waals surface area contributed by atoms with Crippen LogP contribution in [0.5, 0.6) is 0 Å². The number of non-ortho nitro benzene ring substituents is 1. The molecule has 1 amide bonds. The van der Waals surface area contributed by atoms with Gasteiger partial charge in [-0.3, -0.25) is 14.9 Å². The van der Waals surface area contributed by atoms with Crippen LogP contribution < -0.4 is 4.90 Å². The van der Waals surface area contributed by atoms with Gasteiger partial charge in [-0.1, -0.05) is 18.2 Å². The molecule has 1 aromatic carbocycles. The van der Waals surface area contributed by atoms with Crippen molar-refractivity contribution >= 4 is 17.4 Å². The predicted octanol–water partition coefficient (Wildman–Crippen LogP) is 2.44. The third-order valence-corrected chi connectivity index (χ3v) is 4.54. The minimum absolute atomic E-state index is 0.0346. The Morgan fingerprint density at radius 1 is 1.12 bits per heavy atom. The van der Waals surface area contributed by atoms with Gasteiger partial charge in [0.1, 0.15) is 5.82 Å². The van der Waals surface area contributed by atoms with Gasteiger partial charge in [-0.2, -0.15) is 0 Å². The summed E-state index contributed by atoms with van der Waals surface area (Å²) in [5.41, 5.74) is 0.829. The van der Waals surface area contributed by atoms with Crippen LogP contribution in [0.3, 0.4) is 0 Å². The number of pyridine rings is 1. The first-order chi connectivity index (χ1) is 12.1. The van der Waals surface area contributed by atoms with Crippen molar-refractivity contribution in [3.8, 4) is 0 Å². The molecule has 0 spiro atoms. The number of piperazine rings is 1. The summed E-state index contributed by atoms with van der Waals surface area (Å²) in [4.78, 5) is 31.4. The third kappa shape index (κ3) is 3.76. The summed E-state index contributed by atoms with van der Waals surface area (Å²) in [6.07, 6.45) is 1.77. The van der Waals surface area contributed by atoms with Gasteiger partial charge in [0, 0.05) is 44.5 Å². The van der Waals surface area contributed by atoms with Crippen LogP contribution >= 0.6 is 0 Å². The largest absolute Gasteiger partial charge is 0.353 e. The highest BCUT2D eigenvalue weighted by Crippen LogP contribution is 2.22. The number of nitro benzene ring substituents is 1. The zero-order valence-corrected chi connectivity index (χ0v) is 14.0. The first-order valence-electron chi connectivity index (χ1n) is 8.25. The van der Waals surface area contributed by atoms with Gasteiger partial charge in [-0.15, -0.1) is 0 Å². The fourth-order valence-electron chi connectivity index (χ4n) is 3.00. The van der Waals surface area contributed by atoms with Gasteiger partial charge in [-0.05, 0) is 24.6 Å². The van der Waals surface area contributed by atoms with Gasteiger partial charge in [-0.25, -0.2) is 4.98 Å². The van der Waals surface area contributed by atoms with Gasteiger partial charge in [0.25, 0.3) is 5.69 Å². The van der Waals surface area contributed by atoms with Crippen molar-refractivity contribution in [1.82, 2.24) is 9.88 Å². The number of nitrogens with zero attached hydrogens (tertiary/aromatic N) is 4. The molecule has 0 aliphatic carbocycles. The van der Waals surface area contributed by atoms with E-state index in [-0.39, 0.29) is 17.5 Å². The molecule has 1 unspecified atom stereocenters. The number of aromatic nitrogens is 1. The lowest BCUT2D eigenvalue weighted by Gasteiger charge is -2.36. The van der Waals surface area contributed by atoms with Crippen molar-refractivity contribution < 1.29 is 9.72 Å². The van der Waals surface area contributed by atoms with E-state index in [2.05, 4.69) is 9.88 Å². The quantitative estimate of drug-likeness (QED) is 0.631. The Kier molecular flexibility index (Phi) is 4.92. The molecule has 130 valence electrons. The third-order valence-electron chi connectivity index (χ3n) is 4.54. The summed E-state index contributed by atoms with van der Waals surface area (Å²) in [5.74, 6) is 0.662. The number of carbonyl (C=O) groups excluding carboxylic acids is 1. The van der Waals surface area contributed by atoms with E-state index in [1.54, 1.807) is 18.3 Å². The standard InChI is InChI=1S/C18H20N4O3/c1-14(15-5-7-16(8-6-15)22(24)25)18(23)21-12-10-20(11-13-21)17-4-2-3-9-19-17/h2-9,14H,10-13H2,1H3. The van der Waals surface area contributed by atoms with Gasteiger partial charge in [0.15, 0.2) is 0 Å². The van der Waals surface area contributed by atoms with E-state index >= 15 is 0 Å². The van der Waals surface area contributed by atoms with E-state index in [1.807, 2.05) is 30.0 Å². The lowest BCUT2D eigenvalue weighted by Crippen LogP contribution is -2.50. The molecule has 1 aliphatic rings. The average molecular weight is 340 g/mol. The number of nitro groups is 1. The minimum Gasteiger partial charge on any atom is -0.353 e. The Morgan fingerprint density at radius 2 is 1.80 bits per heavy atom. The molecule has 7 heteroatoms. The molecule has 0 N–H and O–H groups in total. The van der Waals surface area contributed by atoms with E-state index < -0.39 is 4.92 Å². The summed E-state index contributed by atoms with van der Waals surface area (Å²) in [6, 6.07) is 12.0. The van der Waals surface area contributed by atoms with Crippen LogP contribution in [-0.2, 0) is 4.79 Å². The van der Waals surface area contributed by atoms with Crippen molar-refractivity contribution in [2.45, 2.75) is 12.8 Å². The molecule has 2 heterocycles. The fourth-order valence-corrected chi connectivity index (χ4v) is 3.00. The zero-order valence-electron chi connectivity index (χ0n) is 14.0. The van der Waals surface area contributed by atoms with Crippen molar-refractivity contribution in [3.05, 3.63) is 64.3 Å². The maximum Gasteiger partial charge on any atom is 0.269 e. The molecule has 1 aliphatic heterocycles. The molecule has 1 saturated heterocycles. The highest BCUT2D eigenvalue weighted by Gasteiger charge is 2.26. The van der Waals surface area contributed by atoms with E-state index in [9.17, 15) is 14.9 Å². The second-order valence-corrected chi connectivity index (χ2v) is 6.07. The Bertz CT molecular complexity index is 741. The topological polar surface area (TPSA) is 79.6 Å². The Balaban J connectivity index is 1.61. The molecule has 1 aromatic heterocycles.